The van der Waals surface area contributed by atoms with Crippen LogP contribution in [0.5, 0.6) is 0 Å². The lowest BCUT2D eigenvalue weighted by molar-refractivity contribution is 0.216. The highest BCUT2D eigenvalue weighted by molar-refractivity contribution is 5.14. The van der Waals surface area contributed by atoms with Crippen molar-refractivity contribution in [3.05, 3.63) is 48.2 Å². The summed E-state index contributed by atoms with van der Waals surface area (Å²) in [6.07, 6.45) is 7.39. The molecule has 2 nitrogen and oxygen atoms in total. The highest BCUT2D eigenvalue weighted by atomic mass is 16.5. The fraction of sp³-hybridized carbons (Fsp3) is 0.467. The van der Waals surface area contributed by atoms with E-state index in [1.54, 1.807) is 19.3 Å². The van der Waals surface area contributed by atoms with Crippen LogP contribution in [0.2, 0.25) is 0 Å². The van der Waals surface area contributed by atoms with Gasteiger partial charge in [-0.2, -0.15) is 0 Å². The van der Waals surface area contributed by atoms with Gasteiger partial charge in [-0.25, -0.2) is 0 Å². The van der Waals surface area contributed by atoms with Crippen molar-refractivity contribution in [3.8, 4) is 0 Å². The van der Waals surface area contributed by atoms with Crippen LogP contribution in [-0.2, 0) is 11.2 Å². The summed E-state index contributed by atoms with van der Waals surface area (Å²) in [7, 11) is 0. The number of benzene rings is 1. The Bertz CT molecular complexity index is 304. The van der Waals surface area contributed by atoms with Crippen LogP contribution in [0.3, 0.4) is 0 Å². The van der Waals surface area contributed by atoms with E-state index in [1.165, 1.54) is 18.4 Å². The van der Waals surface area contributed by atoms with Gasteiger partial charge in [0.1, 0.15) is 0 Å². The summed E-state index contributed by atoms with van der Waals surface area (Å²) in [6, 6.07) is 10.5. The molecule has 2 heteroatoms. The molecule has 1 aromatic carbocycles. The van der Waals surface area contributed by atoms with Crippen LogP contribution in [-0.4, -0.2) is 17.8 Å². The largest absolute Gasteiger partial charge is 0.501 e. The molecule has 1 aromatic rings. The molecule has 1 rings (SSSR count). The Morgan fingerprint density at radius 2 is 1.94 bits per heavy atom. The van der Waals surface area contributed by atoms with E-state index in [-0.39, 0.29) is 0 Å². The van der Waals surface area contributed by atoms with E-state index in [4.69, 9.17) is 9.84 Å². The Kier molecular flexibility index (Phi) is 7.15. The average Bonchev–Trinajstić information content (AvgIpc) is 2.33. The zero-order valence-electron chi connectivity index (χ0n) is 10.5. The third-order valence-electron chi connectivity index (χ3n) is 2.52. The summed E-state index contributed by atoms with van der Waals surface area (Å²) < 4.78 is 5.26. The maximum absolute atomic E-state index is 8.95. The predicted octanol–water partition coefficient (Wildman–Crippen LogP) is 3.31. The number of aryl methyl sites for hydroxylation is 1. The summed E-state index contributed by atoms with van der Waals surface area (Å²) in [4.78, 5) is 0. The zero-order chi connectivity index (χ0) is 12.3. The lowest BCUT2D eigenvalue weighted by Gasteiger charge is -2.02. The smallest absolute Gasteiger partial charge is 0.0873 e. The van der Waals surface area contributed by atoms with Crippen LogP contribution in [0.4, 0.5) is 0 Å². The lowest BCUT2D eigenvalue weighted by atomic mass is 10.1. The Labute approximate surface area is 104 Å². The van der Waals surface area contributed by atoms with Crippen molar-refractivity contribution in [2.45, 2.75) is 38.7 Å². The average molecular weight is 234 g/mol. The van der Waals surface area contributed by atoms with Crippen LogP contribution in [0, 0.1) is 0 Å². The van der Waals surface area contributed by atoms with Gasteiger partial charge in [-0.1, -0.05) is 30.3 Å². The van der Waals surface area contributed by atoms with Gasteiger partial charge < -0.3 is 9.84 Å². The molecular weight excluding hydrogens is 212 g/mol. The van der Waals surface area contributed by atoms with Crippen molar-refractivity contribution in [1.82, 2.24) is 0 Å². The van der Waals surface area contributed by atoms with E-state index in [0.29, 0.717) is 0 Å². The van der Waals surface area contributed by atoms with E-state index in [1.807, 2.05) is 6.07 Å². The van der Waals surface area contributed by atoms with Gasteiger partial charge in [-0.3, -0.25) is 0 Å². The van der Waals surface area contributed by atoms with Crippen molar-refractivity contribution in [2.75, 3.05) is 6.61 Å². The quantitative estimate of drug-likeness (QED) is 0.552. The van der Waals surface area contributed by atoms with E-state index in [2.05, 4.69) is 24.3 Å². The van der Waals surface area contributed by atoms with Crippen LogP contribution >= 0.6 is 0 Å². The second-order valence-corrected chi connectivity index (χ2v) is 4.24. The summed E-state index contributed by atoms with van der Waals surface area (Å²) in [5, 5.41) is 8.95. The first-order chi connectivity index (χ1) is 8.29. The SMILES string of the molecule is CC(O)C=COCCCCCc1ccccc1. The molecule has 0 aliphatic carbocycles. The summed E-state index contributed by atoms with van der Waals surface area (Å²) >= 11 is 0. The molecule has 0 aliphatic rings. The zero-order valence-corrected chi connectivity index (χ0v) is 10.5. The molecule has 0 aliphatic heterocycles. The second kappa shape index (κ2) is 8.82. The van der Waals surface area contributed by atoms with Gasteiger partial charge in [0.2, 0.25) is 0 Å². The summed E-state index contributed by atoms with van der Waals surface area (Å²) in [6.45, 7) is 2.44. The number of unbranched alkanes of at least 4 members (excludes halogenated alkanes) is 2. The number of ether oxygens (including phenoxy) is 1. The third kappa shape index (κ3) is 7.58. The maximum atomic E-state index is 8.95. The van der Waals surface area contributed by atoms with Crippen LogP contribution < -0.4 is 0 Å². The third-order valence-corrected chi connectivity index (χ3v) is 2.52. The molecule has 0 amide bonds. The van der Waals surface area contributed by atoms with E-state index >= 15 is 0 Å². The van der Waals surface area contributed by atoms with E-state index in [0.717, 1.165) is 19.4 Å². The predicted molar refractivity (Wildman–Crippen MR) is 70.8 cm³/mol. The highest BCUT2D eigenvalue weighted by Gasteiger charge is 1.92. The number of hydrogen-bond acceptors (Lipinski definition) is 2. The molecule has 0 saturated carbocycles. The molecular formula is C15H22O2. The molecule has 0 heterocycles. The minimum absolute atomic E-state index is 0.423. The molecule has 0 radical (unpaired) electrons. The molecule has 0 fully saturated rings. The highest BCUT2D eigenvalue weighted by Crippen LogP contribution is 2.06. The first-order valence-corrected chi connectivity index (χ1v) is 6.29. The van der Waals surface area contributed by atoms with Gasteiger partial charge in [-0.15, -0.1) is 0 Å². The lowest BCUT2D eigenvalue weighted by Crippen LogP contribution is -1.94. The fourth-order valence-corrected chi connectivity index (χ4v) is 1.57. The Morgan fingerprint density at radius 1 is 1.18 bits per heavy atom. The van der Waals surface area contributed by atoms with Gasteiger partial charge in [0.25, 0.3) is 0 Å². The van der Waals surface area contributed by atoms with Gasteiger partial charge in [0.15, 0.2) is 0 Å². The molecule has 94 valence electrons. The number of hydrogen-bond donors (Lipinski definition) is 1. The monoisotopic (exact) mass is 234 g/mol. The topological polar surface area (TPSA) is 29.5 Å². The minimum Gasteiger partial charge on any atom is -0.501 e. The number of aliphatic hydroxyl groups is 1. The van der Waals surface area contributed by atoms with Crippen molar-refractivity contribution in [3.63, 3.8) is 0 Å². The normalized spacial score (nSPS) is 12.8. The molecule has 1 unspecified atom stereocenters. The van der Waals surface area contributed by atoms with Crippen molar-refractivity contribution in [2.24, 2.45) is 0 Å². The molecule has 0 aromatic heterocycles. The minimum atomic E-state index is -0.423. The summed E-state index contributed by atoms with van der Waals surface area (Å²) in [5.41, 5.74) is 1.41. The first kappa shape index (κ1) is 13.8. The van der Waals surface area contributed by atoms with Crippen LogP contribution in [0.15, 0.2) is 42.7 Å². The standard InChI is InChI=1S/C15H22O2/c1-14(16)11-13-17-12-7-3-6-10-15-8-4-2-5-9-15/h2,4-5,8-9,11,13-14,16H,3,6-7,10,12H2,1H3. The van der Waals surface area contributed by atoms with Gasteiger partial charge >= 0.3 is 0 Å². The fourth-order valence-electron chi connectivity index (χ4n) is 1.57. The van der Waals surface area contributed by atoms with Crippen LogP contribution in [0.25, 0.3) is 0 Å². The Morgan fingerprint density at radius 3 is 2.65 bits per heavy atom. The molecule has 1 atom stereocenters. The number of aliphatic hydroxyl groups excluding tert-OH is 1. The molecule has 17 heavy (non-hydrogen) atoms. The van der Waals surface area contributed by atoms with Crippen LogP contribution in [0.1, 0.15) is 31.7 Å². The number of rotatable bonds is 8. The molecule has 1 N–H and O–H groups in total. The van der Waals surface area contributed by atoms with E-state index < -0.39 is 6.10 Å². The van der Waals surface area contributed by atoms with Gasteiger partial charge in [0, 0.05) is 0 Å². The van der Waals surface area contributed by atoms with Crippen molar-refractivity contribution >= 4 is 0 Å². The van der Waals surface area contributed by atoms with Crippen molar-refractivity contribution in [1.29, 1.82) is 0 Å². The second-order valence-electron chi connectivity index (χ2n) is 4.24. The van der Waals surface area contributed by atoms with Gasteiger partial charge in [-0.05, 0) is 44.2 Å². The Balaban J connectivity index is 1.95. The Hall–Kier alpha value is -1.28. The molecule has 0 spiro atoms. The van der Waals surface area contributed by atoms with Crippen molar-refractivity contribution < 1.29 is 9.84 Å². The summed E-state index contributed by atoms with van der Waals surface area (Å²) in [5.74, 6) is 0. The molecule has 0 bridgehead atoms. The van der Waals surface area contributed by atoms with E-state index in [9.17, 15) is 0 Å². The first-order valence-electron chi connectivity index (χ1n) is 6.29. The maximum Gasteiger partial charge on any atom is 0.0873 e. The molecule has 0 saturated heterocycles. The van der Waals surface area contributed by atoms with Gasteiger partial charge in [0.05, 0.1) is 19.0 Å².